The summed E-state index contributed by atoms with van der Waals surface area (Å²) in [6, 6.07) is 6.59. The van der Waals surface area contributed by atoms with Crippen molar-refractivity contribution in [3.8, 4) is 0 Å². The molecule has 1 N–H and O–H groups in total. The molecule has 1 fully saturated rings. The average Bonchev–Trinajstić information content (AvgIpc) is 3.18. The maximum atomic E-state index is 12.1. The van der Waals surface area contributed by atoms with Crippen LogP contribution in [0.15, 0.2) is 24.4 Å². The highest BCUT2D eigenvalue weighted by Gasteiger charge is 2.24. The molecule has 0 saturated carbocycles. The van der Waals surface area contributed by atoms with E-state index in [9.17, 15) is 4.79 Å². The molecular formula is C19H27N5O. The average molecular weight is 341 g/mol. The first kappa shape index (κ1) is 17.6. The van der Waals surface area contributed by atoms with Gasteiger partial charge in [0.15, 0.2) is 0 Å². The van der Waals surface area contributed by atoms with Crippen LogP contribution in [0.1, 0.15) is 47.9 Å². The third kappa shape index (κ3) is 4.45. The second kappa shape index (κ2) is 7.78. The van der Waals surface area contributed by atoms with E-state index < -0.39 is 0 Å². The van der Waals surface area contributed by atoms with Gasteiger partial charge in [0, 0.05) is 25.4 Å². The number of hydrogen-bond donors (Lipinski definition) is 1. The Hall–Kier alpha value is -2.21. The molecule has 3 rings (SSSR count). The SMILES string of the molecule is Cc1cc(CCC(=O)NCc2ccnn2C)cc([C@@H]2CCCN2C)n1. The Morgan fingerprint density at radius 1 is 1.36 bits per heavy atom. The van der Waals surface area contributed by atoms with Crippen molar-refractivity contribution in [2.45, 2.75) is 45.2 Å². The van der Waals surface area contributed by atoms with Crippen molar-refractivity contribution in [2.75, 3.05) is 13.6 Å². The van der Waals surface area contributed by atoms with Crippen molar-refractivity contribution in [3.05, 3.63) is 47.0 Å². The number of carbonyl (C=O) groups excluding carboxylic acids is 1. The maximum Gasteiger partial charge on any atom is 0.220 e. The van der Waals surface area contributed by atoms with E-state index in [4.69, 9.17) is 4.98 Å². The Balaban J connectivity index is 1.56. The van der Waals surface area contributed by atoms with Gasteiger partial charge in [-0.05, 0) is 63.5 Å². The fraction of sp³-hybridized carbons (Fsp3) is 0.526. The molecule has 0 bridgehead atoms. The smallest absolute Gasteiger partial charge is 0.220 e. The number of carbonyl (C=O) groups is 1. The zero-order valence-corrected chi connectivity index (χ0v) is 15.3. The monoisotopic (exact) mass is 341 g/mol. The number of amides is 1. The first-order valence-electron chi connectivity index (χ1n) is 8.94. The number of pyridine rings is 1. The van der Waals surface area contributed by atoms with Gasteiger partial charge in [0.05, 0.1) is 24.0 Å². The summed E-state index contributed by atoms with van der Waals surface area (Å²) < 4.78 is 1.77. The van der Waals surface area contributed by atoms with E-state index in [1.165, 1.54) is 12.0 Å². The topological polar surface area (TPSA) is 63.1 Å². The minimum Gasteiger partial charge on any atom is -0.350 e. The van der Waals surface area contributed by atoms with Crippen LogP contribution in [0.5, 0.6) is 0 Å². The largest absolute Gasteiger partial charge is 0.350 e. The van der Waals surface area contributed by atoms with Crippen LogP contribution in [-0.4, -0.2) is 39.2 Å². The molecule has 0 aromatic carbocycles. The van der Waals surface area contributed by atoms with Crippen molar-refractivity contribution in [3.63, 3.8) is 0 Å². The first-order chi connectivity index (χ1) is 12.0. The highest BCUT2D eigenvalue weighted by molar-refractivity contribution is 5.76. The lowest BCUT2D eigenvalue weighted by Crippen LogP contribution is -2.24. The normalized spacial score (nSPS) is 17.8. The van der Waals surface area contributed by atoms with Crippen LogP contribution >= 0.6 is 0 Å². The fourth-order valence-electron chi connectivity index (χ4n) is 3.48. The summed E-state index contributed by atoms with van der Waals surface area (Å²) in [5, 5.41) is 7.07. The molecular weight excluding hydrogens is 314 g/mol. The molecule has 0 spiro atoms. The van der Waals surface area contributed by atoms with Crippen molar-refractivity contribution >= 4 is 5.91 Å². The van der Waals surface area contributed by atoms with Crippen LogP contribution in [0.3, 0.4) is 0 Å². The van der Waals surface area contributed by atoms with Gasteiger partial charge in [-0.15, -0.1) is 0 Å². The zero-order valence-electron chi connectivity index (χ0n) is 15.3. The van der Waals surface area contributed by atoms with Gasteiger partial charge >= 0.3 is 0 Å². The summed E-state index contributed by atoms with van der Waals surface area (Å²) in [7, 11) is 4.04. The van der Waals surface area contributed by atoms with E-state index in [0.29, 0.717) is 19.0 Å². The predicted octanol–water partition coefficient (Wildman–Crippen LogP) is 2.14. The van der Waals surface area contributed by atoms with Crippen LogP contribution < -0.4 is 5.32 Å². The Kier molecular flexibility index (Phi) is 5.48. The van der Waals surface area contributed by atoms with Crippen molar-refractivity contribution < 1.29 is 4.79 Å². The molecule has 1 aliphatic rings. The molecule has 1 saturated heterocycles. The van der Waals surface area contributed by atoms with E-state index in [1.54, 1.807) is 10.9 Å². The molecule has 1 amide bonds. The second-order valence-corrected chi connectivity index (χ2v) is 6.90. The Morgan fingerprint density at radius 2 is 2.20 bits per heavy atom. The molecule has 134 valence electrons. The molecule has 6 nitrogen and oxygen atoms in total. The highest BCUT2D eigenvalue weighted by Crippen LogP contribution is 2.29. The fourth-order valence-corrected chi connectivity index (χ4v) is 3.48. The van der Waals surface area contributed by atoms with Crippen LogP contribution in [0, 0.1) is 6.92 Å². The van der Waals surface area contributed by atoms with Gasteiger partial charge in [-0.2, -0.15) is 5.10 Å². The summed E-state index contributed by atoms with van der Waals surface area (Å²) >= 11 is 0. The van der Waals surface area contributed by atoms with Gasteiger partial charge in [-0.25, -0.2) is 0 Å². The molecule has 0 unspecified atom stereocenters. The number of nitrogens with zero attached hydrogens (tertiary/aromatic N) is 4. The van der Waals surface area contributed by atoms with E-state index in [2.05, 4.69) is 34.5 Å². The molecule has 25 heavy (non-hydrogen) atoms. The molecule has 1 aliphatic heterocycles. The number of rotatable bonds is 6. The number of aromatic nitrogens is 3. The van der Waals surface area contributed by atoms with E-state index in [1.807, 2.05) is 20.0 Å². The summed E-state index contributed by atoms with van der Waals surface area (Å²) in [6.07, 6.45) is 5.36. The molecule has 6 heteroatoms. The maximum absolute atomic E-state index is 12.1. The van der Waals surface area contributed by atoms with Crippen molar-refractivity contribution in [2.24, 2.45) is 7.05 Å². The van der Waals surface area contributed by atoms with E-state index in [0.717, 1.165) is 36.5 Å². The molecule has 0 radical (unpaired) electrons. The Labute approximate surface area is 149 Å². The minimum atomic E-state index is 0.0650. The third-order valence-electron chi connectivity index (χ3n) is 4.92. The quantitative estimate of drug-likeness (QED) is 0.874. The lowest BCUT2D eigenvalue weighted by Gasteiger charge is -2.20. The third-order valence-corrected chi connectivity index (χ3v) is 4.92. The first-order valence-corrected chi connectivity index (χ1v) is 8.94. The van der Waals surface area contributed by atoms with Crippen molar-refractivity contribution in [1.29, 1.82) is 0 Å². The van der Waals surface area contributed by atoms with Gasteiger partial charge < -0.3 is 5.32 Å². The molecule has 2 aromatic heterocycles. The van der Waals surface area contributed by atoms with E-state index >= 15 is 0 Å². The van der Waals surface area contributed by atoms with Crippen LogP contribution in [0.2, 0.25) is 0 Å². The van der Waals surface area contributed by atoms with Gasteiger partial charge in [0.1, 0.15) is 0 Å². The number of likely N-dealkylation sites (tertiary alicyclic amines) is 1. The minimum absolute atomic E-state index is 0.0650. The summed E-state index contributed by atoms with van der Waals surface area (Å²) in [4.78, 5) is 19.2. The van der Waals surface area contributed by atoms with Gasteiger partial charge in [0.2, 0.25) is 5.91 Å². The van der Waals surface area contributed by atoms with Crippen LogP contribution in [-0.2, 0) is 24.8 Å². The molecule has 1 atom stereocenters. The van der Waals surface area contributed by atoms with Crippen LogP contribution in [0.4, 0.5) is 0 Å². The molecule has 0 aliphatic carbocycles. The predicted molar refractivity (Wildman–Crippen MR) is 97.0 cm³/mol. The Morgan fingerprint density at radius 3 is 2.88 bits per heavy atom. The zero-order chi connectivity index (χ0) is 17.8. The van der Waals surface area contributed by atoms with Crippen molar-refractivity contribution in [1.82, 2.24) is 25.0 Å². The van der Waals surface area contributed by atoms with Crippen LogP contribution in [0.25, 0.3) is 0 Å². The van der Waals surface area contributed by atoms with Gasteiger partial charge in [-0.3, -0.25) is 19.4 Å². The Bertz CT molecular complexity index is 739. The lowest BCUT2D eigenvalue weighted by molar-refractivity contribution is -0.121. The second-order valence-electron chi connectivity index (χ2n) is 6.90. The molecule has 3 heterocycles. The van der Waals surface area contributed by atoms with E-state index in [-0.39, 0.29) is 5.91 Å². The summed E-state index contributed by atoms with van der Waals surface area (Å²) in [5.41, 5.74) is 4.37. The van der Waals surface area contributed by atoms with Gasteiger partial charge in [-0.1, -0.05) is 0 Å². The number of aryl methyl sites for hydroxylation is 3. The lowest BCUT2D eigenvalue weighted by atomic mass is 10.0. The molecule has 2 aromatic rings. The summed E-state index contributed by atoms with van der Waals surface area (Å²) in [5.74, 6) is 0.0650. The number of hydrogen-bond acceptors (Lipinski definition) is 4. The standard InChI is InChI=1S/C19H27N5O/c1-14-11-15(12-17(22-14)18-5-4-10-23(18)2)6-7-19(25)20-13-16-8-9-21-24(16)3/h8-9,11-12,18H,4-7,10,13H2,1-3H3,(H,20,25)/t18-/m0/s1. The highest BCUT2D eigenvalue weighted by atomic mass is 16.1. The van der Waals surface area contributed by atoms with Gasteiger partial charge in [0.25, 0.3) is 0 Å². The number of nitrogens with one attached hydrogen (secondary N) is 1. The summed E-state index contributed by atoms with van der Waals surface area (Å²) in [6.45, 7) is 3.68.